The molecule has 0 aromatic heterocycles. The Hall–Kier alpha value is -1.70. The topological polar surface area (TPSA) is 143 Å². The van der Waals surface area contributed by atoms with Gasteiger partial charge in [0.1, 0.15) is 31.0 Å². The van der Waals surface area contributed by atoms with E-state index in [4.69, 9.17) is 37.9 Å². The summed E-state index contributed by atoms with van der Waals surface area (Å²) in [7, 11) is 0. The molecule has 0 bridgehead atoms. The lowest BCUT2D eigenvalue weighted by molar-refractivity contribution is -0.323. The summed E-state index contributed by atoms with van der Waals surface area (Å²) < 4.78 is 51.0. The van der Waals surface area contributed by atoms with Gasteiger partial charge >= 0.3 is 6.09 Å². The first kappa shape index (κ1) is 44.5. The SMILES string of the molecule is CCCCOC1[C@@H](OC[C@H](N=[N+]=[N-])[C@H](OCCCC)[C@@H](C)OCCCC)OC(COC(=O)N2CCCCC2)[C@H](OCCCC)[C@@H]1OCCCC. The molecule has 0 N–H and O–H groups in total. The van der Waals surface area contributed by atoms with Crippen LogP contribution in [0.3, 0.4) is 0 Å². The number of likely N-dealkylation sites (tertiary alicyclic amines) is 1. The number of piperidine rings is 1. The van der Waals surface area contributed by atoms with Crippen LogP contribution in [-0.4, -0.2) is 119 Å². The molecule has 0 aliphatic carbocycles. The smallest absolute Gasteiger partial charge is 0.409 e. The van der Waals surface area contributed by atoms with Gasteiger partial charge in [-0.05, 0) is 63.8 Å². The zero-order valence-electron chi connectivity index (χ0n) is 32.1. The number of carbonyl (C=O) groups is 1. The van der Waals surface area contributed by atoms with Crippen LogP contribution in [0.25, 0.3) is 10.4 Å². The fourth-order valence-electron chi connectivity index (χ4n) is 6.01. The van der Waals surface area contributed by atoms with Gasteiger partial charge in [0.2, 0.25) is 0 Å². The standard InChI is InChI=1S/C37H70N4O9/c1-7-12-22-43-29(6)32(44-23-13-8-2)30(39-40-38)27-48-36-35(47-26-16-11-5)34(46-25-15-10-4)33(45-24-14-9-3)31(50-36)28-49-37(42)41-20-18-17-19-21-41/h29-36H,7-28H2,1-6H3/t29-,30+,31?,32-,33+,34+,35?,36+/m1/s1. The summed E-state index contributed by atoms with van der Waals surface area (Å²) in [5.74, 6) is 0. The van der Waals surface area contributed by atoms with E-state index in [9.17, 15) is 10.3 Å². The highest BCUT2D eigenvalue weighted by molar-refractivity contribution is 5.67. The van der Waals surface area contributed by atoms with E-state index in [0.717, 1.165) is 83.5 Å². The summed E-state index contributed by atoms with van der Waals surface area (Å²) >= 11 is 0. The lowest BCUT2D eigenvalue weighted by atomic mass is 9.98. The molecule has 2 rings (SSSR count). The first-order chi connectivity index (χ1) is 24.4. The Morgan fingerprint density at radius 2 is 1.30 bits per heavy atom. The molecule has 2 saturated heterocycles. The molecule has 0 saturated carbocycles. The number of hydrogen-bond donors (Lipinski definition) is 0. The lowest BCUT2D eigenvalue weighted by Crippen LogP contribution is -2.62. The number of amides is 1. The average Bonchev–Trinajstić information content (AvgIpc) is 3.13. The first-order valence-electron chi connectivity index (χ1n) is 19.8. The largest absolute Gasteiger partial charge is 0.447 e. The van der Waals surface area contributed by atoms with Crippen molar-refractivity contribution in [2.75, 3.05) is 59.3 Å². The summed E-state index contributed by atoms with van der Waals surface area (Å²) in [5, 5.41) is 4.14. The summed E-state index contributed by atoms with van der Waals surface area (Å²) in [6.45, 7) is 16.5. The maximum atomic E-state index is 13.1. The van der Waals surface area contributed by atoms with Crippen molar-refractivity contribution in [3.05, 3.63) is 10.4 Å². The first-order valence-corrected chi connectivity index (χ1v) is 19.8. The van der Waals surface area contributed by atoms with Gasteiger partial charge in [0.05, 0.1) is 24.9 Å². The van der Waals surface area contributed by atoms with Gasteiger partial charge in [0.15, 0.2) is 6.29 Å². The number of hydrogen-bond acceptors (Lipinski definition) is 10. The van der Waals surface area contributed by atoms with Crippen LogP contribution in [0.1, 0.15) is 125 Å². The van der Waals surface area contributed by atoms with Crippen molar-refractivity contribution >= 4 is 6.09 Å². The number of azide groups is 1. The second-order valence-corrected chi connectivity index (χ2v) is 13.5. The van der Waals surface area contributed by atoms with Crippen molar-refractivity contribution in [1.82, 2.24) is 4.90 Å². The van der Waals surface area contributed by atoms with Crippen molar-refractivity contribution in [3.63, 3.8) is 0 Å². The Labute approximate surface area is 302 Å². The molecule has 50 heavy (non-hydrogen) atoms. The molecule has 292 valence electrons. The second kappa shape index (κ2) is 27.9. The molecule has 0 spiro atoms. The summed E-state index contributed by atoms with van der Waals surface area (Å²) in [5.41, 5.74) is 9.62. The highest BCUT2D eigenvalue weighted by Gasteiger charge is 2.49. The van der Waals surface area contributed by atoms with Crippen LogP contribution in [-0.2, 0) is 37.9 Å². The third-order valence-corrected chi connectivity index (χ3v) is 9.16. The number of rotatable bonds is 28. The molecule has 2 fully saturated rings. The quantitative estimate of drug-likeness (QED) is 0.0341. The Morgan fingerprint density at radius 3 is 1.88 bits per heavy atom. The van der Waals surface area contributed by atoms with Crippen molar-refractivity contribution in [2.45, 2.75) is 174 Å². The number of unbranched alkanes of at least 4 members (excludes halogenated alkanes) is 5. The number of ether oxygens (including phenoxy) is 8. The number of carbonyl (C=O) groups excluding carboxylic acids is 1. The zero-order valence-corrected chi connectivity index (χ0v) is 32.1. The number of nitrogens with zero attached hydrogens (tertiary/aromatic N) is 4. The van der Waals surface area contributed by atoms with Gasteiger partial charge in [-0.1, -0.05) is 71.8 Å². The van der Waals surface area contributed by atoms with Gasteiger partial charge < -0.3 is 42.8 Å². The van der Waals surface area contributed by atoms with Crippen LogP contribution < -0.4 is 0 Å². The van der Waals surface area contributed by atoms with Crippen LogP contribution in [0.15, 0.2) is 5.11 Å². The van der Waals surface area contributed by atoms with Gasteiger partial charge in [-0.15, -0.1) is 0 Å². The summed E-state index contributed by atoms with van der Waals surface area (Å²) in [6.07, 6.45) is 7.78. The highest BCUT2D eigenvalue weighted by atomic mass is 16.7. The minimum absolute atomic E-state index is 0.00393. The van der Waals surface area contributed by atoms with E-state index < -0.39 is 42.9 Å². The molecule has 13 heteroatoms. The van der Waals surface area contributed by atoms with E-state index >= 15 is 0 Å². The summed E-state index contributed by atoms with van der Waals surface area (Å²) in [4.78, 5) is 18.0. The van der Waals surface area contributed by atoms with Gasteiger partial charge in [0, 0.05) is 51.0 Å². The average molecular weight is 715 g/mol. The van der Waals surface area contributed by atoms with Crippen molar-refractivity contribution in [2.24, 2.45) is 5.11 Å². The monoisotopic (exact) mass is 715 g/mol. The predicted molar refractivity (Wildman–Crippen MR) is 193 cm³/mol. The maximum Gasteiger partial charge on any atom is 0.409 e. The van der Waals surface area contributed by atoms with E-state index in [-0.39, 0.29) is 25.4 Å². The van der Waals surface area contributed by atoms with Crippen LogP contribution >= 0.6 is 0 Å². The van der Waals surface area contributed by atoms with E-state index in [1.807, 2.05) is 6.92 Å². The van der Waals surface area contributed by atoms with Crippen molar-refractivity contribution in [1.29, 1.82) is 0 Å². The normalized spacial score (nSPS) is 24.4. The minimum Gasteiger partial charge on any atom is -0.447 e. The second-order valence-electron chi connectivity index (χ2n) is 13.5. The Balaban J connectivity index is 2.40. The van der Waals surface area contributed by atoms with Crippen LogP contribution in [0.5, 0.6) is 0 Å². The molecule has 8 atom stereocenters. The molecule has 1 amide bonds. The van der Waals surface area contributed by atoms with Crippen LogP contribution in [0.2, 0.25) is 0 Å². The van der Waals surface area contributed by atoms with E-state index in [0.29, 0.717) is 46.1 Å². The minimum atomic E-state index is -0.910. The molecule has 2 aliphatic rings. The molecule has 13 nitrogen and oxygen atoms in total. The molecule has 2 unspecified atom stereocenters. The maximum absolute atomic E-state index is 13.1. The Kier molecular flexibility index (Phi) is 24.8. The Bertz CT molecular complexity index is 906. The van der Waals surface area contributed by atoms with Gasteiger partial charge in [-0.2, -0.15) is 0 Å². The van der Waals surface area contributed by atoms with E-state index in [1.165, 1.54) is 0 Å². The molecule has 2 heterocycles. The van der Waals surface area contributed by atoms with Gasteiger partial charge in [0.25, 0.3) is 0 Å². The lowest BCUT2D eigenvalue weighted by Gasteiger charge is -2.46. The molecular formula is C37H70N4O9. The van der Waals surface area contributed by atoms with Crippen LogP contribution in [0, 0.1) is 0 Å². The third-order valence-electron chi connectivity index (χ3n) is 9.16. The Morgan fingerprint density at radius 1 is 0.760 bits per heavy atom. The van der Waals surface area contributed by atoms with Gasteiger partial charge in [-0.25, -0.2) is 4.79 Å². The molecule has 0 radical (unpaired) electrons. The van der Waals surface area contributed by atoms with E-state index in [2.05, 4.69) is 44.6 Å². The molecule has 0 aromatic carbocycles. The van der Waals surface area contributed by atoms with Crippen LogP contribution in [0.4, 0.5) is 4.79 Å². The molecular weight excluding hydrogens is 644 g/mol. The van der Waals surface area contributed by atoms with Gasteiger partial charge in [-0.3, -0.25) is 0 Å². The fraction of sp³-hybridized carbons (Fsp3) is 0.973. The predicted octanol–water partition coefficient (Wildman–Crippen LogP) is 7.98. The molecule has 0 aromatic rings. The van der Waals surface area contributed by atoms with E-state index in [1.54, 1.807) is 4.90 Å². The third kappa shape index (κ3) is 16.3. The fourth-order valence-corrected chi connectivity index (χ4v) is 6.01. The molecule has 2 aliphatic heterocycles. The summed E-state index contributed by atoms with van der Waals surface area (Å²) in [6, 6.07) is -0.693. The van der Waals surface area contributed by atoms with Crippen molar-refractivity contribution < 1.29 is 42.7 Å². The van der Waals surface area contributed by atoms with Crippen molar-refractivity contribution in [3.8, 4) is 0 Å². The zero-order chi connectivity index (χ0) is 36.4. The highest BCUT2D eigenvalue weighted by Crippen LogP contribution is 2.31.